The van der Waals surface area contributed by atoms with E-state index in [-0.39, 0.29) is 0 Å². The highest BCUT2D eigenvalue weighted by Gasteiger charge is 2.19. The number of aromatic nitrogens is 4. The number of hydrogen-bond acceptors (Lipinski definition) is 7. The summed E-state index contributed by atoms with van der Waals surface area (Å²) in [7, 11) is 1.91. The van der Waals surface area contributed by atoms with Crippen LogP contribution in [-0.4, -0.2) is 53.3 Å². The monoisotopic (exact) mass is 502 g/mol. The number of morpholine rings is 1. The van der Waals surface area contributed by atoms with Crippen LogP contribution in [0.1, 0.15) is 58.5 Å². The number of fused-ring (bicyclic) bond motifs is 1. The molecule has 2 fully saturated rings. The maximum absolute atomic E-state index is 5.54. The average Bonchev–Trinajstić information content (AvgIpc) is 3.75. The lowest BCUT2D eigenvalue weighted by Gasteiger charge is -2.28. The molecule has 198 valence electrons. The van der Waals surface area contributed by atoms with Crippen molar-refractivity contribution in [2.75, 3.05) is 38.3 Å². The van der Waals surface area contributed by atoms with Crippen LogP contribution >= 0.6 is 0 Å². The molecule has 3 aromatic heterocycles. The molecule has 0 bridgehead atoms. The minimum Gasteiger partial charge on any atom is -0.386 e. The largest absolute Gasteiger partial charge is 0.386 e. The first-order valence-electron chi connectivity index (χ1n) is 13.6. The zero-order chi connectivity index (χ0) is 26.6. The van der Waals surface area contributed by atoms with Crippen molar-refractivity contribution in [3.05, 3.63) is 60.5 Å². The molecule has 0 aromatic carbocycles. The van der Waals surface area contributed by atoms with Crippen molar-refractivity contribution in [3.8, 4) is 11.1 Å². The zero-order valence-electron chi connectivity index (χ0n) is 23.3. The third-order valence-electron chi connectivity index (χ3n) is 6.17. The Hall–Kier alpha value is -3.32. The SMILES string of the molecule is CC.CC/C=C\C=C(/NC)c1nccc2c(-c3cnc(C)nc3)cc(N3CCOCC3)nc12.CC1CC1. The number of nitrogens with one attached hydrogen (secondary N) is 1. The predicted molar refractivity (Wildman–Crippen MR) is 155 cm³/mol. The number of pyridine rings is 2. The van der Waals surface area contributed by atoms with Crippen LogP contribution in [0, 0.1) is 12.8 Å². The summed E-state index contributed by atoms with van der Waals surface area (Å²) in [4.78, 5) is 20.8. The fourth-order valence-corrected chi connectivity index (χ4v) is 3.81. The van der Waals surface area contributed by atoms with Gasteiger partial charge in [-0.2, -0.15) is 0 Å². The second-order valence-corrected chi connectivity index (χ2v) is 9.05. The van der Waals surface area contributed by atoms with E-state index in [0.29, 0.717) is 13.2 Å². The van der Waals surface area contributed by atoms with Crippen LogP contribution in [0.15, 0.2) is 49.0 Å². The molecule has 37 heavy (non-hydrogen) atoms. The molecule has 1 aliphatic heterocycles. The Balaban J connectivity index is 0.000000567. The molecule has 0 amide bonds. The molecule has 1 saturated carbocycles. The summed E-state index contributed by atoms with van der Waals surface area (Å²) in [6.07, 6.45) is 15.7. The van der Waals surface area contributed by atoms with E-state index in [1.54, 1.807) is 0 Å². The van der Waals surface area contributed by atoms with E-state index in [4.69, 9.17) is 14.7 Å². The lowest BCUT2D eigenvalue weighted by Crippen LogP contribution is -2.36. The topological polar surface area (TPSA) is 76.1 Å². The number of aryl methyl sites for hydroxylation is 1. The summed E-state index contributed by atoms with van der Waals surface area (Å²) in [5.41, 5.74) is 4.62. The van der Waals surface area contributed by atoms with Gasteiger partial charge in [0.2, 0.25) is 0 Å². The van der Waals surface area contributed by atoms with Gasteiger partial charge < -0.3 is 15.0 Å². The Morgan fingerprint density at radius 1 is 1.14 bits per heavy atom. The van der Waals surface area contributed by atoms with Gasteiger partial charge in [-0.05, 0) is 43.0 Å². The first kappa shape index (κ1) is 28.3. The number of nitrogens with zero attached hydrogens (tertiary/aromatic N) is 5. The summed E-state index contributed by atoms with van der Waals surface area (Å²) < 4.78 is 5.54. The van der Waals surface area contributed by atoms with Gasteiger partial charge in [0.25, 0.3) is 0 Å². The summed E-state index contributed by atoms with van der Waals surface area (Å²) in [6, 6.07) is 4.14. The fourth-order valence-electron chi connectivity index (χ4n) is 3.81. The molecular formula is C30H42N6O. The summed E-state index contributed by atoms with van der Waals surface area (Å²) in [6.45, 7) is 13.3. The third-order valence-corrected chi connectivity index (χ3v) is 6.17. The van der Waals surface area contributed by atoms with Crippen molar-refractivity contribution in [3.63, 3.8) is 0 Å². The summed E-state index contributed by atoms with van der Waals surface area (Å²) in [5.74, 6) is 2.75. The Labute approximate surface area is 222 Å². The highest BCUT2D eigenvalue weighted by atomic mass is 16.5. The molecule has 7 heteroatoms. The molecule has 4 heterocycles. The van der Waals surface area contributed by atoms with Crippen molar-refractivity contribution in [2.24, 2.45) is 5.92 Å². The van der Waals surface area contributed by atoms with Crippen LogP contribution in [0.2, 0.25) is 0 Å². The summed E-state index contributed by atoms with van der Waals surface area (Å²) >= 11 is 0. The molecule has 3 aromatic rings. The highest BCUT2D eigenvalue weighted by molar-refractivity contribution is 6.00. The molecule has 0 radical (unpaired) electrons. The number of anilines is 1. The molecule has 0 spiro atoms. The van der Waals surface area contributed by atoms with Gasteiger partial charge in [0.15, 0.2) is 0 Å². The van der Waals surface area contributed by atoms with E-state index < -0.39 is 0 Å². The predicted octanol–water partition coefficient (Wildman–Crippen LogP) is 6.20. The second kappa shape index (κ2) is 14.4. The van der Waals surface area contributed by atoms with Crippen molar-refractivity contribution in [2.45, 2.75) is 53.9 Å². The maximum Gasteiger partial charge on any atom is 0.130 e. The van der Waals surface area contributed by atoms with Crippen molar-refractivity contribution < 1.29 is 4.74 Å². The van der Waals surface area contributed by atoms with Crippen LogP contribution in [0.3, 0.4) is 0 Å². The third kappa shape index (κ3) is 7.83. The summed E-state index contributed by atoms with van der Waals surface area (Å²) in [5, 5.41) is 4.31. The molecule has 7 nitrogen and oxygen atoms in total. The quantitative estimate of drug-likeness (QED) is 0.402. The lowest BCUT2D eigenvalue weighted by atomic mass is 10.0. The molecule has 0 atom stereocenters. The van der Waals surface area contributed by atoms with E-state index in [1.165, 1.54) is 12.8 Å². The van der Waals surface area contributed by atoms with E-state index >= 15 is 0 Å². The normalized spacial score (nSPS) is 15.6. The smallest absolute Gasteiger partial charge is 0.130 e. The van der Waals surface area contributed by atoms with E-state index in [9.17, 15) is 0 Å². The minimum atomic E-state index is 0.700. The minimum absolute atomic E-state index is 0.700. The average molecular weight is 503 g/mol. The van der Waals surface area contributed by atoms with Crippen LogP contribution in [0.5, 0.6) is 0 Å². The van der Waals surface area contributed by atoms with E-state index in [1.807, 2.05) is 64.6 Å². The first-order chi connectivity index (χ1) is 18.1. The van der Waals surface area contributed by atoms with Crippen molar-refractivity contribution in [1.82, 2.24) is 25.3 Å². The zero-order valence-corrected chi connectivity index (χ0v) is 23.3. The Bertz CT molecular complexity index is 1180. The first-order valence-corrected chi connectivity index (χ1v) is 13.6. The van der Waals surface area contributed by atoms with Gasteiger partial charge in [-0.15, -0.1) is 0 Å². The fraction of sp³-hybridized carbons (Fsp3) is 0.467. The second-order valence-electron chi connectivity index (χ2n) is 9.05. The molecule has 1 aliphatic carbocycles. The Morgan fingerprint density at radius 3 is 2.41 bits per heavy atom. The van der Waals surface area contributed by atoms with Gasteiger partial charge in [-0.3, -0.25) is 4.98 Å². The molecule has 1 saturated heterocycles. The van der Waals surface area contributed by atoms with E-state index in [0.717, 1.165) is 70.5 Å². The van der Waals surface area contributed by atoms with Gasteiger partial charge in [0.05, 0.1) is 18.9 Å². The lowest BCUT2D eigenvalue weighted by molar-refractivity contribution is 0.122. The molecule has 5 rings (SSSR count). The van der Waals surface area contributed by atoms with Crippen LogP contribution in [-0.2, 0) is 4.74 Å². The maximum atomic E-state index is 5.54. The van der Waals surface area contributed by atoms with Gasteiger partial charge >= 0.3 is 0 Å². The van der Waals surface area contributed by atoms with Crippen LogP contribution < -0.4 is 10.2 Å². The van der Waals surface area contributed by atoms with Gasteiger partial charge in [-0.25, -0.2) is 15.0 Å². The molecule has 0 unspecified atom stereocenters. The van der Waals surface area contributed by atoms with E-state index in [2.05, 4.69) is 46.2 Å². The van der Waals surface area contributed by atoms with Crippen LogP contribution in [0.25, 0.3) is 27.7 Å². The highest BCUT2D eigenvalue weighted by Crippen LogP contribution is 2.33. The van der Waals surface area contributed by atoms with Gasteiger partial charge in [0, 0.05) is 49.7 Å². The molecular weight excluding hydrogens is 460 g/mol. The van der Waals surface area contributed by atoms with Gasteiger partial charge in [0.1, 0.15) is 22.9 Å². The number of allylic oxidation sites excluding steroid dienone is 3. The van der Waals surface area contributed by atoms with Crippen LogP contribution in [0.4, 0.5) is 5.82 Å². The standard InChI is InChI=1S/C24H28N6O.C4H8.C2H6/c1-4-5-6-7-21(25-3)24-23-19(8-9-26-24)20(18-15-27-17(2)28-16-18)14-22(29-23)30-10-12-31-13-11-30;1-4-2-3-4;1-2/h5-9,14-16,25H,4,10-13H2,1-3H3;4H,2-3H2,1H3;1-2H3/b6-5-,21-7-;;. The van der Waals surface area contributed by atoms with Crippen molar-refractivity contribution in [1.29, 1.82) is 0 Å². The molecule has 2 aliphatic rings. The Kier molecular flexibility index (Phi) is 11.0. The van der Waals surface area contributed by atoms with Gasteiger partial charge in [-0.1, -0.05) is 52.7 Å². The number of rotatable bonds is 6. The Morgan fingerprint density at radius 2 is 1.81 bits per heavy atom. The molecule has 1 N–H and O–H groups in total. The number of hydrogen-bond donors (Lipinski definition) is 1. The van der Waals surface area contributed by atoms with Crippen molar-refractivity contribution >= 4 is 22.4 Å². The number of ether oxygens (including phenoxy) is 1.